The lowest BCUT2D eigenvalue weighted by molar-refractivity contribution is -0.124. The zero-order valence-corrected chi connectivity index (χ0v) is 11.2. The number of nitrogens with two attached hydrogens (primary N) is 1. The highest BCUT2D eigenvalue weighted by atomic mass is 32.1. The number of halogens is 1. The van der Waals surface area contributed by atoms with Crippen LogP contribution in [0, 0.1) is 0 Å². The smallest absolute Gasteiger partial charge is 0.243 e. The summed E-state index contributed by atoms with van der Waals surface area (Å²) < 4.78 is 22.3. The number of carbonyl (C=O) groups is 1. The molecule has 0 spiro atoms. The van der Waals surface area contributed by atoms with Crippen molar-refractivity contribution in [1.29, 1.82) is 0 Å². The molecule has 7 nitrogen and oxygen atoms in total. The van der Waals surface area contributed by atoms with E-state index in [-0.39, 0.29) is 13.0 Å². The Morgan fingerprint density at radius 3 is 2.47 bits per heavy atom. The van der Waals surface area contributed by atoms with Gasteiger partial charge in [-0.15, -0.1) is 10.2 Å². The molecule has 0 saturated carbocycles. The van der Waals surface area contributed by atoms with Crippen LogP contribution in [-0.4, -0.2) is 31.6 Å². The summed E-state index contributed by atoms with van der Waals surface area (Å²) in [4.78, 5) is 12.7. The van der Waals surface area contributed by atoms with Crippen LogP contribution in [0.15, 0.2) is 12.4 Å². The monoisotopic (exact) mass is 300 g/mol. The highest BCUT2D eigenvalue weighted by molar-refractivity contribution is 7.06. The van der Waals surface area contributed by atoms with Gasteiger partial charge >= 0.3 is 0 Å². The van der Waals surface area contributed by atoms with Crippen LogP contribution in [0.3, 0.4) is 0 Å². The summed E-state index contributed by atoms with van der Waals surface area (Å²) in [7, 11) is 0. The molecule has 1 fully saturated rings. The quantitative estimate of drug-likeness (QED) is 0.821. The molecule has 0 aliphatic carbocycles. The summed E-state index contributed by atoms with van der Waals surface area (Å²) in [6, 6.07) is 0. The number of amides is 1. The molecular formula is C9H9FN6OS2. The molecule has 19 heavy (non-hydrogen) atoms. The molecule has 0 radical (unpaired) electrons. The number of carbonyl (C=O) groups excluding carboxylic acids is 1. The third-order valence-corrected chi connectivity index (χ3v) is 4.89. The zero-order valence-electron chi connectivity index (χ0n) is 9.54. The van der Waals surface area contributed by atoms with E-state index in [4.69, 9.17) is 5.73 Å². The normalized spacial score (nSPS) is 30.6. The van der Waals surface area contributed by atoms with Gasteiger partial charge in [0.05, 0.1) is 22.1 Å². The summed E-state index contributed by atoms with van der Waals surface area (Å²) in [6.07, 6.45) is 2.69. The highest BCUT2D eigenvalue weighted by Crippen LogP contribution is 2.45. The van der Waals surface area contributed by atoms with Crippen LogP contribution < -0.4 is 11.1 Å². The minimum atomic E-state index is -1.72. The van der Waals surface area contributed by atoms with Crippen molar-refractivity contribution in [3.63, 3.8) is 0 Å². The van der Waals surface area contributed by atoms with E-state index >= 15 is 0 Å². The molecule has 1 amide bonds. The number of hydrogen-bond acceptors (Lipinski definition) is 8. The van der Waals surface area contributed by atoms with Gasteiger partial charge in [0.2, 0.25) is 5.91 Å². The van der Waals surface area contributed by atoms with Gasteiger partial charge in [0, 0.05) is 13.0 Å². The topological polar surface area (TPSA) is 107 Å². The Morgan fingerprint density at radius 2 is 1.95 bits per heavy atom. The predicted octanol–water partition coefficient (Wildman–Crippen LogP) is -0.0715. The number of aromatic nitrogens is 4. The summed E-state index contributed by atoms with van der Waals surface area (Å²) >= 11 is 2.00. The largest absolute Gasteiger partial charge is 0.368 e. The Labute approximate surface area is 115 Å². The molecule has 1 aliphatic heterocycles. The molecule has 2 unspecified atom stereocenters. The molecule has 2 aromatic rings. The lowest BCUT2D eigenvalue weighted by atomic mass is 9.88. The first-order chi connectivity index (χ1) is 9.07. The van der Waals surface area contributed by atoms with E-state index in [2.05, 4.69) is 24.5 Å². The Balaban J connectivity index is 2.01. The molecule has 10 heteroatoms. The number of alkyl halides is 1. The van der Waals surface area contributed by atoms with Crippen LogP contribution >= 0.6 is 23.1 Å². The van der Waals surface area contributed by atoms with E-state index in [1.165, 1.54) is 12.4 Å². The van der Waals surface area contributed by atoms with Gasteiger partial charge in [-0.25, -0.2) is 4.39 Å². The molecule has 3 rings (SSSR count). The average molecular weight is 300 g/mol. The van der Waals surface area contributed by atoms with E-state index in [1.54, 1.807) is 0 Å². The SMILES string of the molecule is NC(=O)C1(c2cnns2)CC(F)(c2cnns2)CN1. The molecular weight excluding hydrogens is 291 g/mol. The van der Waals surface area contributed by atoms with Crippen molar-refractivity contribution in [1.82, 2.24) is 24.5 Å². The van der Waals surface area contributed by atoms with Crippen LogP contribution in [0.5, 0.6) is 0 Å². The Morgan fingerprint density at radius 1 is 1.32 bits per heavy atom. The van der Waals surface area contributed by atoms with Gasteiger partial charge < -0.3 is 5.73 Å². The van der Waals surface area contributed by atoms with E-state index in [9.17, 15) is 9.18 Å². The van der Waals surface area contributed by atoms with Crippen LogP contribution in [0.1, 0.15) is 16.2 Å². The number of rotatable bonds is 3. The van der Waals surface area contributed by atoms with Crippen LogP contribution in [-0.2, 0) is 16.0 Å². The maximum atomic E-state index is 14.9. The lowest BCUT2D eigenvalue weighted by Crippen LogP contribution is -2.48. The first-order valence-electron chi connectivity index (χ1n) is 5.36. The number of hydrogen-bond donors (Lipinski definition) is 2. The maximum Gasteiger partial charge on any atom is 0.243 e. The summed E-state index contributed by atoms with van der Waals surface area (Å²) in [5.74, 6) is -0.643. The van der Waals surface area contributed by atoms with Gasteiger partial charge in [-0.1, -0.05) is 8.98 Å². The summed E-state index contributed by atoms with van der Waals surface area (Å²) in [6.45, 7) is -0.0300. The summed E-state index contributed by atoms with van der Waals surface area (Å²) in [5, 5.41) is 10.2. The van der Waals surface area contributed by atoms with Gasteiger partial charge in [-0.2, -0.15) is 0 Å². The first kappa shape index (κ1) is 12.5. The van der Waals surface area contributed by atoms with Gasteiger partial charge in [0.15, 0.2) is 5.67 Å². The predicted molar refractivity (Wildman–Crippen MR) is 66.1 cm³/mol. The van der Waals surface area contributed by atoms with Crippen molar-refractivity contribution < 1.29 is 9.18 Å². The van der Waals surface area contributed by atoms with Crippen LogP contribution in [0.2, 0.25) is 0 Å². The molecule has 3 N–H and O–H groups in total. The van der Waals surface area contributed by atoms with E-state index in [0.29, 0.717) is 9.75 Å². The number of nitrogens with one attached hydrogen (secondary N) is 1. The van der Waals surface area contributed by atoms with Crippen LogP contribution in [0.25, 0.3) is 0 Å². The molecule has 0 bridgehead atoms. The van der Waals surface area contributed by atoms with Crippen molar-refractivity contribution in [3.05, 3.63) is 22.1 Å². The number of primary amides is 1. The molecule has 0 aromatic carbocycles. The Hall–Kier alpha value is -1.52. The van der Waals surface area contributed by atoms with E-state index in [1.807, 2.05) is 0 Å². The fourth-order valence-corrected chi connectivity index (χ4v) is 3.46. The Bertz CT molecular complexity index is 590. The van der Waals surface area contributed by atoms with Gasteiger partial charge in [0.25, 0.3) is 0 Å². The highest BCUT2D eigenvalue weighted by Gasteiger charge is 2.56. The van der Waals surface area contributed by atoms with Crippen molar-refractivity contribution in [3.8, 4) is 0 Å². The first-order valence-corrected chi connectivity index (χ1v) is 6.91. The minimum absolute atomic E-state index is 0.0300. The molecule has 1 saturated heterocycles. The number of nitrogens with zero attached hydrogens (tertiary/aromatic N) is 4. The fourth-order valence-electron chi connectivity index (χ4n) is 2.20. The van der Waals surface area contributed by atoms with Gasteiger partial charge in [-0.3, -0.25) is 10.1 Å². The molecule has 100 valence electrons. The van der Waals surface area contributed by atoms with Crippen molar-refractivity contribution >= 4 is 29.0 Å². The lowest BCUT2D eigenvalue weighted by Gasteiger charge is -2.24. The third-order valence-electron chi connectivity index (χ3n) is 3.22. The second kappa shape index (κ2) is 4.25. The molecule has 1 aliphatic rings. The third kappa shape index (κ3) is 1.83. The standard InChI is InChI=1S/C9H9FN6OS2/c10-8(5-1-13-15-18-5)3-9(7(11)17,12-4-8)6-2-14-16-19-6/h1-2,12H,3-4H2,(H2,11,17). The Kier molecular flexibility index (Phi) is 2.80. The summed E-state index contributed by atoms with van der Waals surface area (Å²) in [5.41, 5.74) is 2.47. The van der Waals surface area contributed by atoms with E-state index in [0.717, 1.165) is 23.1 Å². The molecule has 2 atom stereocenters. The zero-order chi connectivity index (χ0) is 13.5. The van der Waals surface area contributed by atoms with E-state index < -0.39 is 17.1 Å². The minimum Gasteiger partial charge on any atom is -0.368 e. The fraction of sp³-hybridized carbons (Fsp3) is 0.444. The van der Waals surface area contributed by atoms with Crippen LogP contribution in [0.4, 0.5) is 4.39 Å². The van der Waals surface area contributed by atoms with Crippen molar-refractivity contribution in [2.75, 3.05) is 6.54 Å². The second-order valence-electron chi connectivity index (χ2n) is 4.33. The van der Waals surface area contributed by atoms with Gasteiger partial charge in [0.1, 0.15) is 5.54 Å². The van der Waals surface area contributed by atoms with Crippen molar-refractivity contribution in [2.24, 2.45) is 5.73 Å². The molecule has 2 aromatic heterocycles. The van der Waals surface area contributed by atoms with Gasteiger partial charge in [-0.05, 0) is 23.1 Å². The average Bonchev–Trinajstić information content (AvgIpc) is 3.11. The maximum absolute atomic E-state index is 14.9. The van der Waals surface area contributed by atoms with Crippen molar-refractivity contribution in [2.45, 2.75) is 17.6 Å². The molecule has 3 heterocycles. The second-order valence-corrected chi connectivity index (χ2v) is 5.90.